The molecule has 2 heterocycles. The first-order chi connectivity index (χ1) is 14.5. The van der Waals surface area contributed by atoms with E-state index >= 15 is 0 Å². The van der Waals surface area contributed by atoms with E-state index in [0.717, 1.165) is 31.5 Å². The van der Waals surface area contributed by atoms with Crippen molar-refractivity contribution in [2.75, 3.05) is 31.6 Å². The van der Waals surface area contributed by atoms with Gasteiger partial charge in [-0.3, -0.25) is 9.69 Å². The number of anilines is 1. The van der Waals surface area contributed by atoms with Crippen LogP contribution in [0.1, 0.15) is 42.6 Å². The van der Waals surface area contributed by atoms with Gasteiger partial charge in [-0.15, -0.1) is 0 Å². The van der Waals surface area contributed by atoms with Crippen molar-refractivity contribution in [2.45, 2.75) is 39.3 Å². The fourth-order valence-corrected chi connectivity index (χ4v) is 3.60. The van der Waals surface area contributed by atoms with Crippen LogP contribution in [0, 0.1) is 5.82 Å². The first kappa shape index (κ1) is 21.8. The number of nitrogens with zero attached hydrogens (tertiary/aromatic N) is 2. The van der Waals surface area contributed by atoms with E-state index in [4.69, 9.17) is 15.2 Å². The maximum Gasteiger partial charge on any atom is 0.248 e. The highest BCUT2D eigenvalue weighted by molar-refractivity contribution is 5.93. The Labute approximate surface area is 176 Å². The van der Waals surface area contributed by atoms with Crippen molar-refractivity contribution in [1.82, 2.24) is 9.88 Å². The number of carbonyl (C=O) groups is 1. The van der Waals surface area contributed by atoms with Gasteiger partial charge in [0.1, 0.15) is 5.82 Å². The molecule has 0 atom stereocenters. The van der Waals surface area contributed by atoms with E-state index in [2.05, 4.69) is 15.2 Å². The Morgan fingerprint density at radius 1 is 1.20 bits per heavy atom. The minimum Gasteiger partial charge on any atom is -0.491 e. The number of nitrogens with one attached hydrogen (secondary N) is 1. The number of hydrogen-bond acceptors (Lipinski definition) is 6. The van der Waals surface area contributed by atoms with Crippen LogP contribution < -0.4 is 20.5 Å². The standard InChI is InChI=1S/C22H29FN4O3/c1-3-29-18-11-15(12-19(21(18)23)30-4-2)14-27-9-6-17(7-10-27)26-20-13-16(22(24)28)5-8-25-20/h5,8,11-13,17H,3-4,6-7,9-10,14H2,1-2H3,(H2,24,28)(H,25,26). The minimum atomic E-state index is -0.465. The summed E-state index contributed by atoms with van der Waals surface area (Å²) < 4.78 is 25.3. The molecule has 0 spiro atoms. The number of piperidine rings is 1. The molecule has 7 nitrogen and oxygen atoms in total. The van der Waals surface area contributed by atoms with Crippen LogP contribution in [0.2, 0.25) is 0 Å². The molecule has 0 aliphatic carbocycles. The van der Waals surface area contributed by atoms with Gasteiger partial charge in [-0.05, 0) is 56.5 Å². The lowest BCUT2D eigenvalue weighted by Crippen LogP contribution is -2.38. The van der Waals surface area contributed by atoms with Crippen molar-refractivity contribution in [3.63, 3.8) is 0 Å². The second-order valence-electron chi connectivity index (χ2n) is 7.26. The zero-order valence-corrected chi connectivity index (χ0v) is 17.5. The lowest BCUT2D eigenvalue weighted by atomic mass is 10.0. The summed E-state index contributed by atoms with van der Waals surface area (Å²) in [5, 5.41) is 3.38. The largest absolute Gasteiger partial charge is 0.491 e. The molecule has 0 bridgehead atoms. The number of pyridine rings is 1. The number of rotatable bonds is 9. The number of likely N-dealkylation sites (tertiary alicyclic amines) is 1. The molecule has 3 N–H and O–H groups in total. The SMILES string of the molecule is CCOc1cc(CN2CCC(Nc3cc(C(N)=O)ccn3)CC2)cc(OCC)c1F. The summed E-state index contributed by atoms with van der Waals surface area (Å²) in [5.74, 6) is 0.209. The summed E-state index contributed by atoms with van der Waals surface area (Å²) in [5.41, 5.74) is 6.74. The summed E-state index contributed by atoms with van der Waals surface area (Å²) in [6.07, 6.45) is 3.44. The molecule has 0 radical (unpaired) electrons. The second kappa shape index (κ2) is 10.2. The molecule has 30 heavy (non-hydrogen) atoms. The molecular weight excluding hydrogens is 387 g/mol. The van der Waals surface area contributed by atoms with Crippen molar-refractivity contribution < 1.29 is 18.7 Å². The quantitative estimate of drug-likeness (QED) is 0.653. The molecule has 1 aromatic carbocycles. The lowest BCUT2D eigenvalue weighted by molar-refractivity contribution is 0.1000. The molecule has 1 aromatic heterocycles. The molecule has 1 saturated heterocycles. The lowest BCUT2D eigenvalue weighted by Gasteiger charge is -2.32. The Morgan fingerprint density at radius 2 is 1.83 bits per heavy atom. The third-order valence-corrected chi connectivity index (χ3v) is 5.06. The van der Waals surface area contributed by atoms with Gasteiger partial charge in [-0.2, -0.15) is 4.39 Å². The Bertz CT molecular complexity index is 842. The third-order valence-electron chi connectivity index (χ3n) is 5.06. The number of hydrogen-bond donors (Lipinski definition) is 2. The molecule has 1 amide bonds. The number of benzene rings is 1. The van der Waals surface area contributed by atoms with Crippen LogP contribution in [0.4, 0.5) is 10.2 Å². The van der Waals surface area contributed by atoms with E-state index < -0.39 is 11.7 Å². The minimum absolute atomic E-state index is 0.232. The van der Waals surface area contributed by atoms with Gasteiger partial charge in [-0.1, -0.05) is 0 Å². The van der Waals surface area contributed by atoms with Crippen molar-refractivity contribution in [1.29, 1.82) is 0 Å². The molecule has 3 rings (SSSR count). The van der Waals surface area contributed by atoms with Crippen molar-refractivity contribution in [3.05, 3.63) is 47.4 Å². The van der Waals surface area contributed by atoms with Crippen LogP contribution in [0.15, 0.2) is 30.5 Å². The van der Waals surface area contributed by atoms with Gasteiger partial charge in [0.15, 0.2) is 11.5 Å². The average molecular weight is 416 g/mol. The molecule has 1 aliphatic rings. The van der Waals surface area contributed by atoms with Crippen molar-refractivity contribution in [2.24, 2.45) is 5.73 Å². The van der Waals surface area contributed by atoms with Gasteiger partial charge >= 0.3 is 0 Å². The Kier molecular flexibility index (Phi) is 7.46. The molecule has 2 aromatic rings. The number of ether oxygens (including phenoxy) is 2. The van der Waals surface area contributed by atoms with Crippen LogP contribution in [-0.4, -0.2) is 48.1 Å². The highest BCUT2D eigenvalue weighted by Crippen LogP contribution is 2.30. The van der Waals surface area contributed by atoms with Crippen molar-refractivity contribution in [3.8, 4) is 11.5 Å². The Morgan fingerprint density at radius 3 is 2.40 bits per heavy atom. The number of carbonyl (C=O) groups excluding carboxylic acids is 1. The molecule has 162 valence electrons. The Hall–Kier alpha value is -2.87. The van der Waals surface area contributed by atoms with Gasteiger partial charge < -0.3 is 20.5 Å². The first-order valence-corrected chi connectivity index (χ1v) is 10.3. The van der Waals surface area contributed by atoms with Crippen molar-refractivity contribution >= 4 is 11.7 Å². The van der Waals surface area contributed by atoms with E-state index in [1.54, 1.807) is 30.5 Å². The van der Waals surface area contributed by atoms with Gasteiger partial charge in [0.2, 0.25) is 11.7 Å². The molecular formula is C22H29FN4O3. The molecule has 0 unspecified atom stereocenters. The normalized spacial score (nSPS) is 15.0. The van der Waals surface area contributed by atoms with Crippen LogP contribution in [-0.2, 0) is 6.54 Å². The van der Waals surface area contributed by atoms with E-state index in [1.165, 1.54) is 0 Å². The first-order valence-electron chi connectivity index (χ1n) is 10.3. The third kappa shape index (κ3) is 5.60. The molecule has 8 heteroatoms. The summed E-state index contributed by atoms with van der Waals surface area (Å²) in [6.45, 7) is 6.93. The van der Waals surface area contributed by atoms with E-state index in [9.17, 15) is 9.18 Å². The highest BCUT2D eigenvalue weighted by Gasteiger charge is 2.21. The highest BCUT2D eigenvalue weighted by atomic mass is 19.1. The maximum atomic E-state index is 14.4. The number of aromatic nitrogens is 1. The van der Waals surface area contributed by atoms with Gasteiger partial charge in [0.05, 0.1) is 13.2 Å². The van der Waals surface area contributed by atoms with E-state index in [0.29, 0.717) is 31.1 Å². The second-order valence-corrected chi connectivity index (χ2v) is 7.26. The Balaban J connectivity index is 1.59. The van der Waals surface area contributed by atoms with E-state index in [1.807, 2.05) is 13.8 Å². The molecule has 1 fully saturated rings. The zero-order chi connectivity index (χ0) is 21.5. The summed E-state index contributed by atoms with van der Waals surface area (Å²) in [4.78, 5) is 17.9. The number of amides is 1. The number of halogens is 1. The van der Waals surface area contributed by atoms with Crippen LogP contribution in [0.3, 0.4) is 0 Å². The van der Waals surface area contributed by atoms with Gasteiger partial charge in [0.25, 0.3) is 0 Å². The fraction of sp³-hybridized carbons (Fsp3) is 0.455. The zero-order valence-electron chi connectivity index (χ0n) is 17.5. The monoisotopic (exact) mass is 416 g/mol. The summed E-state index contributed by atoms with van der Waals surface area (Å²) in [7, 11) is 0. The molecule has 0 saturated carbocycles. The fourth-order valence-electron chi connectivity index (χ4n) is 3.60. The predicted molar refractivity (Wildman–Crippen MR) is 113 cm³/mol. The van der Waals surface area contributed by atoms with Crippen LogP contribution in [0.5, 0.6) is 11.5 Å². The van der Waals surface area contributed by atoms with Crippen LogP contribution >= 0.6 is 0 Å². The topological polar surface area (TPSA) is 89.7 Å². The summed E-state index contributed by atoms with van der Waals surface area (Å²) >= 11 is 0. The maximum absolute atomic E-state index is 14.4. The average Bonchev–Trinajstić information content (AvgIpc) is 2.73. The molecule has 1 aliphatic heterocycles. The predicted octanol–water partition coefficient (Wildman–Crippen LogP) is 3.19. The van der Waals surface area contributed by atoms with Gasteiger partial charge in [0, 0.05) is 37.4 Å². The van der Waals surface area contributed by atoms with Crippen LogP contribution in [0.25, 0.3) is 0 Å². The summed E-state index contributed by atoms with van der Waals surface area (Å²) in [6, 6.07) is 7.06. The number of primary amides is 1. The van der Waals surface area contributed by atoms with Gasteiger partial charge in [-0.25, -0.2) is 4.98 Å². The van der Waals surface area contributed by atoms with E-state index in [-0.39, 0.29) is 17.5 Å². The smallest absolute Gasteiger partial charge is 0.248 e. The number of nitrogens with two attached hydrogens (primary N) is 1.